The number of allylic oxidation sites excluding steroid dienone is 5. The van der Waals surface area contributed by atoms with E-state index < -0.39 is 0 Å². The van der Waals surface area contributed by atoms with Crippen molar-refractivity contribution in [3.63, 3.8) is 0 Å². The van der Waals surface area contributed by atoms with E-state index in [9.17, 15) is 0 Å². The normalized spacial score (nSPS) is 12.1. The quantitative estimate of drug-likeness (QED) is 0.106. The van der Waals surface area contributed by atoms with Gasteiger partial charge in [-0.1, -0.05) is 245 Å². The summed E-state index contributed by atoms with van der Waals surface area (Å²) in [6.07, 6.45) is 16.4. The molecule has 0 aromatic heterocycles. The predicted octanol–water partition coefficient (Wildman–Crippen LogP) is 19.6. The van der Waals surface area contributed by atoms with E-state index in [1.54, 1.807) is 0 Å². The summed E-state index contributed by atoms with van der Waals surface area (Å²) in [7, 11) is 0. The molecule has 0 fully saturated rings. The molecule has 10 aromatic rings. The average molecular weight is 927 g/mol. The molecule has 0 heterocycles. The van der Waals surface area contributed by atoms with Crippen LogP contribution < -0.4 is 9.80 Å². The molecule has 2 nitrogen and oxygen atoms in total. The van der Waals surface area contributed by atoms with Crippen LogP contribution in [-0.2, 0) is 0 Å². The van der Waals surface area contributed by atoms with E-state index in [0.717, 1.165) is 57.0 Å². The second kappa shape index (κ2) is 22.2. The minimum atomic E-state index is 0.644. The topological polar surface area (TPSA) is 6.48 Å². The molecule has 0 radical (unpaired) electrons. The van der Waals surface area contributed by atoms with Crippen molar-refractivity contribution >= 4 is 62.0 Å². The first-order valence-electron chi connectivity index (χ1n) is 25.1. The monoisotopic (exact) mass is 926 g/mol. The Morgan fingerprint density at radius 1 is 0.472 bits per heavy atom. The molecule has 0 bridgehead atoms. The Bertz CT molecular complexity index is 3580. The fraction of sp³-hybridized carbons (Fsp3) is 0.0571. The van der Waals surface area contributed by atoms with E-state index in [0.29, 0.717) is 6.54 Å². The molecule has 0 unspecified atom stereocenters. The molecule has 348 valence electrons. The summed E-state index contributed by atoms with van der Waals surface area (Å²) in [6, 6.07) is 85.4. The summed E-state index contributed by atoms with van der Waals surface area (Å²) in [5, 5.41) is 4.83. The molecule has 0 spiro atoms. The maximum atomic E-state index is 4.33. The van der Waals surface area contributed by atoms with Gasteiger partial charge in [-0.2, -0.15) is 0 Å². The smallest absolute Gasteiger partial charge is 0.0458 e. The summed E-state index contributed by atoms with van der Waals surface area (Å²) < 4.78 is 0. The third-order valence-corrected chi connectivity index (χ3v) is 13.3. The predicted molar refractivity (Wildman–Crippen MR) is 313 cm³/mol. The molecule has 1 aliphatic carbocycles. The first-order valence-corrected chi connectivity index (χ1v) is 25.1. The summed E-state index contributed by atoms with van der Waals surface area (Å²) in [6.45, 7) is 8.97. The molecule has 2 heteroatoms. The van der Waals surface area contributed by atoms with Gasteiger partial charge in [0, 0.05) is 41.4 Å². The van der Waals surface area contributed by atoms with E-state index in [4.69, 9.17) is 0 Å². The molecule has 10 aromatic carbocycles. The van der Waals surface area contributed by atoms with Crippen LogP contribution in [0.5, 0.6) is 0 Å². The number of benzene rings is 10. The van der Waals surface area contributed by atoms with Crippen molar-refractivity contribution < 1.29 is 0 Å². The number of fused-ring (bicyclic) bond motifs is 3. The van der Waals surface area contributed by atoms with Gasteiger partial charge in [0.1, 0.15) is 0 Å². The molecule has 0 N–H and O–H groups in total. The van der Waals surface area contributed by atoms with Gasteiger partial charge in [-0.15, -0.1) is 0 Å². The molecule has 0 saturated carbocycles. The van der Waals surface area contributed by atoms with E-state index in [1.165, 1.54) is 55.1 Å². The van der Waals surface area contributed by atoms with Gasteiger partial charge in [0.15, 0.2) is 0 Å². The summed E-state index contributed by atoms with van der Waals surface area (Å²) in [4.78, 5) is 4.80. The van der Waals surface area contributed by atoms with Gasteiger partial charge in [-0.3, -0.25) is 0 Å². The molecule has 0 aliphatic heterocycles. The lowest BCUT2D eigenvalue weighted by atomic mass is 9.78. The Morgan fingerprint density at radius 3 is 1.65 bits per heavy atom. The zero-order valence-corrected chi connectivity index (χ0v) is 41.1. The van der Waals surface area contributed by atoms with Crippen molar-refractivity contribution in [2.24, 2.45) is 0 Å². The Labute approximate surface area is 425 Å². The highest BCUT2D eigenvalue weighted by molar-refractivity contribution is 6.16. The van der Waals surface area contributed by atoms with E-state index >= 15 is 0 Å². The van der Waals surface area contributed by atoms with Crippen LogP contribution in [-0.4, -0.2) is 6.54 Å². The maximum Gasteiger partial charge on any atom is 0.0458 e. The zero-order chi connectivity index (χ0) is 49.1. The standard InChI is InChI=1S/C68H52N2.C2H6/c1-2-23-52(33-22-47-69(58-34-11-5-12-35-58)61-46-41-51-25-16-18-30-56(51)48-61)67-65(53-26-7-3-8-27-53)63-39-19-20-40-64(63)66(54-28-9-4-10-29-54)68(67)55-42-44-60(45-43-55)70(59-36-13-6-14-37-59)62-38-21-32-50-24-15-17-31-57(50)49-62;1-2/h2-37,39-46,48-49H,1,38,47H2;1-2H3/b33-22-,52-23+;. The minimum Gasteiger partial charge on any atom is -0.338 e. The molecule has 1 aliphatic rings. The van der Waals surface area contributed by atoms with Gasteiger partial charge in [0.2, 0.25) is 0 Å². The minimum absolute atomic E-state index is 0.644. The van der Waals surface area contributed by atoms with Gasteiger partial charge < -0.3 is 9.80 Å². The van der Waals surface area contributed by atoms with Gasteiger partial charge in [-0.05, 0) is 132 Å². The first kappa shape index (κ1) is 46.7. The van der Waals surface area contributed by atoms with Crippen molar-refractivity contribution in [3.05, 3.63) is 296 Å². The lowest BCUT2D eigenvalue weighted by Crippen LogP contribution is -2.16. The summed E-state index contributed by atoms with van der Waals surface area (Å²) in [5.41, 5.74) is 17.3. The molecule has 0 atom stereocenters. The fourth-order valence-electron chi connectivity index (χ4n) is 10.1. The van der Waals surface area contributed by atoms with Crippen LogP contribution in [0.3, 0.4) is 0 Å². The number of hydrogen-bond acceptors (Lipinski definition) is 2. The van der Waals surface area contributed by atoms with Crippen LogP contribution >= 0.6 is 0 Å². The number of hydrogen-bond donors (Lipinski definition) is 0. The second-order valence-corrected chi connectivity index (χ2v) is 17.6. The van der Waals surface area contributed by atoms with Crippen LogP contribution in [0, 0.1) is 0 Å². The van der Waals surface area contributed by atoms with Crippen LogP contribution in [0.15, 0.2) is 279 Å². The van der Waals surface area contributed by atoms with E-state index in [1.807, 2.05) is 19.9 Å². The summed E-state index contributed by atoms with van der Waals surface area (Å²) in [5.74, 6) is 0. The molecule has 11 rings (SSSR count). The van der Waals surface area contributed by atoms with Crippen molar-refractivity contribution in [2.75, 3.05) is 16.3 Å². The van der Waals surface area contributed by atoms with Gasteiger partial charge in [-0.25, -0.2) is 0 Å². The Balaban J connectivity index is 0.00000295. The highest BCUT2D eigenvalue weighted by atomic mass is 15.1. The number of rotatable bonds is 13. The highest BCUT2D eigenvalue weighted by Crippen LogP contribution is 2.50. The number of para-hydroxylation sites is 2. The van der Waals surface area contributed by atoms with Crippen LogP contribution in [0.2, 0.25) is 0 Å². The molecule has 72 heavy (non-hydrogen) atoms. The zero-order valence-electron chi connectivity index (χ0n) is 41.1. The van der Waals surface area contributed by atoms with Crippen molar-refractivity contribution in [1.82, 2.24) is 0 Å². The van der Waals surface area contributed by atoms with Crippen LogP contribution in [0.1, 0.15) is 37.0 Å². The SMILES string of the molecule is C=C/C=C(\C=C/CN(c1ccccc1)c1ccc2ccccc2c1)c1c(-c2ccc(N(C3=Cc4ccccc4C=CC3)c3ccccc3)cc2)c(-c2ccccc2)c2ccccc2c1-c1ccccc1.CC. The van der Waals surface area contributed by atoms with Crippen LogP contribution in [0.25, 0.3) is 72.7 Å². The average Bonchev–Trinajstić information content (AvgIpc) is 3.67. The van der Waals surface area contributed by atoms with Crippen molar-refractivity contribution in [3.8, 4) is 33.4 Å². The third-order valence-electron chi connectivity index (χ3n) is 13.3. The van der Waals surface area contributed by atoms with Crippen LogP contribution in [0.4, 0.5) is 22.7 Å². The Hall–Kier alpha value is -8.98. The lowest BCUT2D eigenvalue weighted by molar-refractivity contribution is 1.10. The van der Waals surface area contributed by atoms with E-state index in [2.05, 4.69) is 289 Å². The number of anilines is 4. The first-order chi connectivity index (χ1) is 35.7. The maximum absolute atomic E-state index is 4.33. The molecule has 0 saturated heterocycles. The molecule has 0 amide bonds. The van der Waals surface area contributed by atoms with E-state index in [-0.39, 0.29) is 0 Å². The Morgan fingerprint density at radius 2 is 0.986 bits per heavy atom. The van der Waals surface area contributed by atoms with Crippen molar-refractivity contribution in [2.45, 2.75) is 20.3 Å². The van der Waals surface area contributed by atoms with Crippen molar-refractivity contribution in [1.29, 1.82) is 0 Å². The molecular formula is C70H58N2. The fourth-order valence-corrected chi connectivity index (χ4v) is 10.1. The molecular weight excluding hydrogens is 869 g/mol. The van der Waals surface area contributed by atoms with Gasteiger partial charge in [0.05, 0.1) is 0 Å². The largest absolute Gasteiger partial charge is 0.338 e. The second-order valence-electron chi connectivity index (χ2n) is 17.6. The lowest BCUT2D eigenvalue weighted by Gasteiger charge is -2.28. The van der Waals surface area contributed by atoms with Gasteiger partial charge in [0.25, 0.3) is 0 Å². The highest BCUT2D eigenvalue weighted by Gasteiger charge is 2.25. The Kier molecular flexibility index (Phi) is 14.4. The number of nitrogens with zero attached hydrogens (tertiary/aromatic N) is 2. The van der Waals surface area contributed by atoms with Gasteiger partial charge >= 0.3 is 0 Å². The third kappa shape index (κ3) is 9.77. The summed E-state index contributed by atoms with van der Waals surface area (Å²) >= 11 is 0.